The van der Waals surface area contributed by atoms with Crippen molar-refractivity contribution in [3.8, 4) is 0 Å². The van der Waals surface area contributed by atoms with Gasteiger partial charge in [-0.25, -0.2) is 0 Å². The Kier molecular flexibility index (Phi) is 7.19. The molecule has 0 saturated carbocycles. The van der Waals surface area contributed by atoms with Crippen molar-refractivity contribution in [3.63, 3.8) is 0 Å². The van der Waals surface area contributed by atoms with Gasteiger partial charge in [0.1, 0.15) is 0 Å². The van der Waals surface area contributed by atoms with Gasteiger partial charge < -0.3 is 20.4 Å². The van der Waals surface area contributed by atoms with Gasteiger partial charge in [-0.2, -0.15) is 0 Å². The highest BCUT2D eigenvalue weighted by molar-refractivity contribution is 5.92. The van der Waals surface area contributed by atoms with Crippen LogP contribution in [0.1, 0.15) is 5.56 Å². The molecule has 2 N–H and O–H groups in total. The van der Waals surface area contributed by atoms with Gasteiger partial charge in [0.2, 0.25) is 17.7 Å². The van der Waals surface area contributed by atoms with E-state index in [0.29, 0.717) is 13.1 Å². The predicted molar refractivity (Wildman–Crippen MR) is 129 cm³/mol. The number of rotatable bonds is 7. The quantitative estimate of drug-likeness (QED) is 0.584. The number of hydrogen-bond donors (Lipinski definition) is 2. The summed E-state index contributed by atoms with van der Waals surface area (Å²) in [6.45, 7) is 2.53. The molecule has 33 heavy (non-hydrogen) atoms. The van der Waals surface area contributed by atoms with Crippen LogP contribution in [0.5, 0.6) is 0 Å². The fourth-order valence-electron chi connectivity index (χ4n) is 4.06. The van der Waals surface area contributed by atoms with Gasteiger partial charge in [-0.3, -0.25) is 14.4 Å². The number of nitrogens with one attached hydrogen (secondary N) is 2. The summed E-state index contributed by atoms with van der Waals surface area (Å²) in [6, 6.07) is 23.8. The molecule has 0 unspecified atom stereocenters. The van der Waals surface area contributed by atoms with E-state index < -0.39 is 0 Å². The maximum Gasteiger partial charge on any atom is 0.242 e. The number of fused-ring (bicyclic) bond motifs is 1. The van der Waals surface area contributed by atoms with Crippen LogP contribution in [-0.2, 0) is 20.8 Å². The number of para-hydroxylation sites is 1. The van der Waals surface area contributed by atoms with Crippen molar-refractivity contribution in [3.05, 3.63) is 78.4 Å². The predicted octanol–water partition coefficient (Wildman–Crippen LogP) is 1.96. The van der Waals surface area contributed by atoms with E-state index in [1.807, 2.05) is 60.7 Å². The first-order valence-corrected chi connectivity index (χ1v) is 11.2. The van der Waals surface area contributed by atoms with Crippen molar-refractivity contribution >= 4 is 34.2 Å². The van der Waals surface area contributed by atoms with Crippen LogP contribution in [0.2, 0.25) is 0 Å². The smallest absolute Gasteiger partial charge is 0.242 e. The molecule has 0 radical (unpaired) electrons. The van der Waals surface area contributed by atoms with Gasteiger partial charge in [0, 0.05) is 31.9 Å². The Balaban J connectivity index is 1.17. The number of benzene rings is 3. The fourth-order valence-corrected chi connectivity index (χ4v) is 4.06. The zero-order valence-corrected chi connectivity index (χ0v) is 18.5. The molecule has 0 aromatic heterocycles. The number of hydrogen-bond acceptors (Lipinski definition) is 4. The topological polar surface area (TPSA) is 81.8 Å². The van der Waals surface area contributed by atoms with Gasteiger partial charge >= 0.3 is 0 Å². The molecule has 0 spiro atoms. The first-order valence-electron chi connectivity index (χ1n) is 11.2. The van der Waals surface area contributed by atoms with E-state index in [4.69, 9.17) is 0 Å². The monoisotopic (exact) mass is 444 g/mol. The summed E-state index contributed by atoms with van der Waals surface area (Å²) in [5.41, 5.74) is 2.06. The largest absolute Gasteiger partial charge is 0.368 e. The highest BCUT2D eigenvalue weighted by atomic mass is 16.2. The molecule has 3 amide bonds. The maximum absolute atomic E-state index is 12.5. The number of anilines is 1. The van der Waals surface area contributed by atoms with Crippen molar-refractivity contribution in [2.45, 2.75) is 6.42 Å². The zero-order valence-electron chi connectivity index (χ0n) is 18.5. The van der Waals surface area contributed by atoms with E-state index in [9.17, 15) is 14.4 Å². The Morgan fingerprint density at radius 2 is 1.36 bits per heavy atom. The fraction of sp³-hybridized carbons (Fsp3) is 0.269. The van der Waals surface area contributed by atoms with Gasteiger partial charge in [-0.1, -0.05) is 60.7 Å². The van der Waals surface area contributed by atoms with Gasteiger partial charge in [-0.15, -0.1) is 0 Å². The molecule has 3 aromatic carbocycles. The average Bonchev–Trinajstić information content (AvgIpc) is 2.87. The molecule has 1 fully saturated rings. The number of nitrogens with zero attached hydrogens (tertiary/aromatic N) is 2. The molecule has 7 heteroatoms. The molecule has 3 aromatic rings. The first kappa shape index (κ1) is 22.3. The van der Waals surface area contributed by atoms with Gasteiger partial charge in [0.15, 0.2) is 0 Å². The zero-order chi connectivity index (χ0) is 23.0. The lowest BCUT2D eigenvalue weighted by molar-refractivity contribution is -0.133. The van der Waals surface area contributed by atoms with Crippen LogP contribution in [0.3, 0.4) is 0 Å². The van der Waals surface area contributed by atoms with Crippen LogP contribution in [0.25, 0.3) is 10.8 Å². The summed E-state index contributed by atoms with van der Waals surface area (Å²) in [7, 11) is 0. The summed E-state index contributed by atoms with van der Waals surface area (Å²) < 4.78 is 0. The molecular weight excluding hydrogens is 416 g/mol. The number of carbonyl (C=O) groups excluding carboxylic acids is 3. The third-order valence-electron chi connectivity index (χ3n) is 5.87. The minimum absolute atomic E-state index is 0.0661. The van der Waals surface area contributed by atoms with Gasteiger partial charge in [0.25, 0.3) is 0 Å². The molecule has 7 nitrogen and oxygen atoms in total. The van der Waals surface area contributed by atoms with Crippen molar-refractivity contribution in [2.75, 3.05) is 44.2 Å². The van der Waals surface area contributed by atoms with E-state index in [2.05, 4.69) is 27.7 Å². The van der Waals surface area contributed by atoms with E-state index in [1.165, 1.54) is 0 Å². The lowest BCUT2D eigenvalue weighted by atomic mass is 10.0. The molecule has 1 heterocycles. The third kappa shape index (κ3) is 5.88. The van der Waals surface area contributed by atoms with Crippen molar-refractivity contribution < 1.29 is 14.4 Å². The van der Waals surface area contributed by atoms with Crippen LogP contribution in [-0.4, -0.2) is 61.9 Å². The Morgan fingerprint density at radius 1 is 0.697 bits per heavy atom. The molecule has 0 bridgehead atoms. The highest BCUT2D eigenvalue weighted by Crippen LogP contribution is 2.19. The second kappa shape index (κ2) is 10.6. The average molecular weight is 445 g/mol. The minimum atomic E-state index is -0.377. The summed E-state index contributed by atoms with van der Waals surface area (Å²) in [6.07, 6.45) is 0.194. The summed E-state index contributed by atoms with van der Waals surface area (Å²) in [5, 5.41) is 7.35. The molecule has 1 aliphatic rings. The molecule has 1 saturated heterocycles. The van der Waals surface area contributed by atoms with Crippen molar-refractivity contribution in [1.29, 1.82) is 0 Å². The highest BCUT2D eigenvalue weighted by Gasteiger charge is 2.21. The summed E-state index contributed by atoms with van der Waals surface area (Å²) in [5.74, 6) is -0.722. The van der Waals surface area contributed by atoms with Gasteiger partial charge in [-0.05, 0) is 28.5 Å². The lowest BCUT2D eigenvalue weighted by Gasteiger charge is -2.36. The Bertz CT molecular complexity index is 1120. The molecule has 1 aliphatic heterocycles. The normalized spacial score (nSPS) is 13.6. The second-order valence-electron chi connectivity index (χ2n) is 8.07. The molecular formula is C26H28N4O3. The van der Waals surface area contributed by atoms with Gasteiger partial charge in [0.05, 0.1) is 19.5 Å². The number of piperazine rings is 1. The molecule has 0 aliphatic carbocycles. The van der Waals surface area contributed by atoms with E-state index in [1.54, 1.807) is 4.90 Å². The Hall–Kier alpha value is -3.87. The van der Waals surface area contributed by atoms with Crippen LogP contribution in [0, 0.1) is 0 Å². The van der Waals surface area contributed by atoms with E-state index in [-0.39, 0.29) is 37.2 Å². The van der Waals surface area contributed by atoms with Crippen LogP contribution in [0.15, 0.2) is 72.8 Å². The first-order chi connectivity index (χ1) is 16.1. The second-order valence-corrected chi connectivity index (χ2v) is 8.07. The summed E-state index contributed by atoms with van der Waals surface area (Å²) >= 11 is 0. The molecule has 0 atom stereocenters. The number of carbonyl (C=O) groups is 3. The van der Waals surface area contributed by atoms with Crippen LogP contribution >= 0.6 is 0 Å². The summed E-state index contributed by atoms with van der Waals surface area (Å²) in [4.78, 5) is 40.9. The standard InChI is InChI=1S/C26H28N4O3/c31-24(17-21-9-6-8-20-7-4-5-12-23(20)21)27-18-25(32)28-19-26(33)30-15-13-29(14-16-30)22-10-2-1-3-11-22/h1-12H,13-19H2,(H,27,31)(H,28,32). The SMILES string of the molecule is O=C(CNC(=O)Cc1cccc2ccccc12)NCC(=O)N1CCN(c2ccccc2)CC1. The van der Waals surface area contributed by atoms with Crippen molar-refractivity contribution in [2.24, 2.45) is 0 Å². The van der Waals surface area contributed by atoms with Crippen LogP contribution in [0.4, 0.5) is 5.69 Å². The van der Waals surface area contributed by atoms with Crippen molar-refractivity contribution in [1.82, 2.24) is 15.5 Å². The van der Waals surface area contributed by atoms with Crippen LogP contribution < -0.4 is 15.5 Å². The Labute approximate surface area is 193 Å². The van der Waals surface area contributed by atoms with E-state index in [0.717, 1.165) is 35.1 Å². The minimum Gasteiger partial charge on any atom is -0.368 e. The molecule has 170 valence electrons. The third-order valence-corrected chi connectivity index (χ3v) is 5.87. The van der Waals surface area contributed by atoms with E-state index >= 15 is 0 Å². The maximum atomic E-state index is 12.5. The lowest BCUT2D eigenvalue weighted by Crippen LogP contribution is -2.51. The number of amides is 3. The molecule has 4 rings (SSSR count). The Morgan fingerprint density at radius 3 is 2.15 bits per heavy atom.